The van der Waals surface area contributed by atoms with E-state index in [1.165, 1.54) is 0 Å². The molecule has 1 N–H and O–H groups in total. The van der Waals surface area contributed by atoms with Crippen LogP contribution in [0.3, 0.4) is 0 Å². The van der Waals surface area contributed by atoms with Gasteiger partial charge in [-0.3, -0.25) is 0 Å². The molecule has 0 amide bonds. The van der Waals surface area contributed by atoms with Crippen molar-refractivity contribution in [1.29, 1.82) is 0 Å². The predicted octanol–water partition coefficient (Wildman–Crippen LogP) is 3.89. The lowest BCUT2D eigenvalue weighted by molar-refractivity contribution is 0.509. The molecule has 0 bridgehead atoms. The Hall–Kier alpha value is -1.07. The van der Waals surface area contributed by atoms with Gasteiger partial charge in [0.05, 0.1) is 17.3 Å². The summed E-state index contributed by atoms with van der Waals surface area (Å²) in [6.45, 7) is 4.74. The molecule has 6 heteroatoms. The molecule has 4 nitrogen and oxygen atoms in total. The number of halogens is 2. The summed E-state index contributed by atoms with van der Waals surface area (Å²) in [5, 5.41) is 8.15. The van der Waals surface area contributed by atoms with Crippen molar-refractivity contribution < 1.29 is 0 Å². The van der Waals surface area contributed by atoms with Gasteiger partial charge in [0.1, 0.15) is 12.2 Å². The van der Waals surface area contributed by atoms with Crippen LogP contribution in [0, 0.1) is 0 Å². The molecule has 1 aromatic heterocycles. The number of aromatic nitrogens is 3. The summed E-state index contributed by atoms with van der Waals surface area (Å²) < 4.78 is 2.87. The minimum absolute atomic E-state index is 0.294. The van der Waals surface area contributed by atoms with E-state index in [-0.39, 0.29) is 0 Å². The average Bonchev–Trinajstić information content (AvgIpc) is 2.79. The summed E-state index contributed by atoms with van der Waals surface area (Å²) >= 11 is 9.53. The van der Waals surface area contributed by atoms with Gasteiger partial charge < -0.3 is 5.32 Å². The summed E-state index contributed by atoms with van der Waals surface area (Å²) in [6, 6.07) is 5.99. The third-order valence-corrected chi connectivity index (χ3v) is 3.32. The van der Waals surface area contributed by atoms with Gasteiger partial charge in [0.15, 0.2) is 0 Å². The fraction of sp³-hybridized carbons (Fsp3) is 0.333. The zero-order valence-corrected chi connectivity index (χ0v) is 12.5. The van der Waals surface area contributed by atoms with E-state index in [0.29, 0.717) is 17.6 Å². The molecule has 1 aromatic carbocycles. The van der Waals surface area contributed by atoms with E-state index in [2.05, 4.69) is 45.2 Å². The monoisotopic (exact) mass is 328 g/mol. The highest BCUT2D eigenvalue weighted by Gasteiger charge is 2.08. The lowest BCUT2D eigenvalue weighted by atomic mass is 10.3. The minimum atomic E-state index is 0.294. The Morgan fingerprint density at radius 1 is 1.44 bits per heavy atom. The molecule has 0 fully saturated rings. The van der Waals surface area contributed by atoms with Gasteiger partial charge in [0.2, 0.25) is 0 Å². The molecule has 0 unspecified atom stereocenters. The minimum Gasteiger partial charge on any atom is -0.377 e. The molecular formula is C12H14BrClN4. The van der Waals surface area contributed by atoms with Gasteiger partial charge >= 0.3 is 0 Å². The van der Waals surface area contributed by atoms with Gasteiger partial charge in [-0.05, 0) is 32.0 Å². The molecule has 0 radical (unpaired) electrons. The molecule has 96 valence electrons. The number of nitrogens with zero attached hydrogens (tertiary/aromatic N) is 3. The van der Waals surface area contributed by atoms with Crippen molar-refractivity contribution in [2.75, 3.05) is 5.32 Å². The van der Waals surface area contributed by atoms with Crippen LogP contribution in [0.15, 0.2) is 29.0 Å². The average molecular weight is 330 g/mol. The standard InChI is InChI=1S/C12H14BrClN4/c1-8(2)18-12(16-7-17-18)6-15-11-5-9(13)3-4-10(11)14/h3-5,7-8,15H,6H2,1-2H3. The summed E-state index contributed by atoms with van der Waals surface area (Å²) in [4.78, 5) is 4.24. The Labute approximate surface area is 119 Å². The molecule has 0 saturated heterocycles. The highest BCUT2D eigenvalue weighted by molar-refractivity contribution is 9.10. The number of hydrogen-bond acceptors (Lipinski definition) is 3. The van der Waals surface area contributed by atoms with Crippen molar-refractivity contribution in [3.63, 3.8) is 0 Å². The molecule has 2 aromatic rings. The summed E-state index contributed by atoms with van der Waals surface area (Å²) in [5.74, 6) is 0.890. The summed E-state index contributed by atoms with van der Waals surface area (Å²) in [5.41, 5.74) is 0.879. The second kappa shape index (κ2) is 5.71. The van der Waals surface area contributed by atoms with Gasteiger partial charge in [-0.2, -0.15) is 5.10 Å². The van der Waals surface area contributed by atoms with Crippen molar-refractivity contribution in [1.82, 2.24) is 14.8 Å². The summed E-state index contributed by atoms with van der Waals surface area (Å²) in [7, 11) is 0. The first kappa shape index (κ1) is 13.4. The highest BCUT2D eigenvalue weighted by Crippen LogP contribution is 2.26. The van der Waals surface area contributed by atoms with Gasteiger partial charge in [0, 0.05) is 10.5 Å². The van der Waals surface area contributed by atoms with E-state index < -0.39 is 0 Å². The van der Waals surface area contributed by atoms with Gasteiger partial charge in [-0.25, -0.2) is 9.67 Å². The van der Waals surface area contributed by atoms with Crippen LogP contribution in [-0.2, 0) is 6.54 Å². The van der Waals surface area contributed by atoms with Gasteiger partial charge in [-0.1, -0.05) is 27.5 Å². The maximum atomic E-state index is 6.11. The molecule has 0 atom stereocenters. The van der Waals surface area contributed by atoms with Crippen LogP contribution in [0.2, 0.25) is 5.02 Å². The predicted molar refractivity (Wildman–Crippen MR) is 76.9 cm³/mol. The van der Waals surface area contributed by atoms with Crippen molar-refractivity contribution in [3.8, 4) is 0 Å². The first-order valence-corrected chi connectivity index (χ1v) is 6.82. The SMILES string of the molecule is CC(C)n1ncnc1CNc1cc(Br)ccc1Cl. The Balaban J connectivity index is 2.11. The summed E-state index contributed by atoms with van der Waals surface area (Å²) in [6.07, 6.45) is 1.57. The Morgan fingerprint density at radius 3 is 2.94 bits per heavy atom. The third kappa shape index (κ3) is 3.03. The van der Waals surface area contributed by atoms with Crippen LogP contribution < -0.4 is 5.32 Å². The maximum Gasteiger partial charge on any atom is 0.146 e. The van der Waals surface area contributed by atoms with E-state index in [4.69, 9.17) is 11.6 Å². The first-order valence-electron chi connectivity index (χ1n) is 5.65. The number of rotatable bonds is 4. The van der Waals surface area contributed by atoms with Crippen molar-refractivity contribution >= 4 is 33.2 Å². The Morgan fingerprint density at radius 2 is 2.22 bits per heavy atom. The molecule has 1 heterocycles. The van der Waals surface area contributed by atoms with Crippen LogP contribution in [0.4, 0.5) is 5.69 Å². The van der Waals surface area contributed by atoms with Crippen LogP contribution in [-0.4, -0.2) is 14.8 Å². The fourth-order valence-corrected chi connectivity index (χ4v) is 2.18. The first-order chi connectivity index (χ1) is 8.58. The van der Waals surface area contributed by atoms with Gasteiger partial charge in [0.25, 0.3) is 0 Å². The van der Waals surface area contributed by atoms with Crippen molar-refractivity contribution in [2.45, 2.75) is 26.4 Å². The highest BCUT2D eigenvalue weighted by atomic mass is 79.9. The number of hydrogen-bond donors (Lipinski definition) is 1. The van der Waals surface area contributed by atoms with E-state index in [1.54, 1.807) is 6.33 Å². The lowest BCUT2D eigenvalue weighted by Crippen LogP contribution is -2.12. The number of nitrogens with one attached hydrogen (secondary N) is 1. The lowest BCUT2D eigenvalue weighted by Gasteiger charge is -2.11. The molecular weight excluding hydrogens is 316 g/mol. The number of anilines is 1. The molecule has 0 aliphatic carbocycles. The zero-order valence-electron chi connectivity index (χ0n) is 10.2. The Kier molecular flexibility index (Phi) is 4.24. The molecule has 0 saturated carbocycles. The van der Waals surface area contributed by atoms with Crippen LogP contribution in [0.5, 0.6) is 0 Å². The quantitative estimate of drug-likeness (QED) is 0.925. The van der Waals surface area contributed by atoms with E-state index in [1.807, 2.05) is 22.9 Å². The second-order valence-electron chi connectivity index (χ2n) is 4.19. The van der Waals surface area contributed by atoms with E-state index >= 15 is 0 Å². The third-order valence-electron chi connectivity index (χ3n) is 2.50. The maximum absolute atomic E-state index is 6.11. The Bertz CT molecular complexity index is 539. The smallest absolute Gasteiger partial charge is 0.146 e. The molecule has 0 aliphatic rings. The zero-order chi connectivity index (χ0) is 13.1. The topological polar surface area (TPSA) is 42.7 Å². The van der Waals surface area contributed by atoms with Crippen molar-refractivity contribution in [3.05, 3.63) is 39.8 Å². The van der Waals surface area contributed by atoms with Crippen LogP contribution >= 0.6 is 27.5 Å². The second-order valence-corrected chi connectivity index (χ2v) is 5.52. The van der Waals surface area contributed by atoms with Crippen molar-refractivity contribution in [2.24, 2.45) is 0 Å². The normalized spacial score (nSPS) is 10.9. The molecule has 2 rings (SSSR count). The molecule has 0 spiro atoms. The molecule has 0 aliphatic heterocycles. The van der Waals surface area contributed by atoms with Crippen LogP contribution in [0.1, 0.15) is 25.7 Å². The van der Waals surface area contributed by atoms with E-state index in [9.17, 15) is 0 Å². The largest absolute Gasteiger partial charge is 0.377 e. The van der Waals surface area contributed by atoms with Crippen LogP contribution in [0.25, 0.3) is 0 Å². The van der Waals surface area contributed by atoms with E-state index in [0.717, 1.165) is 16.0 Å². The number of benzene rings is 1. The molecule has 18 heavy (non-hydrogen) atoms. The van der Waals surface area contributed by atoms with Gasteiger partial charge in [-0.15, -0.1) is 0 Å². The fourth-order valence-electron chi connectivity index (χ4n) is 1.64.